The highest BCUT2D eigenvalue weighted by atomic mass is 32.2. The largest absolute Gasteiger partial charge is 0.353 e. The lowest BCUT2D eigenvalue weighted by atomic mass is 10.0. The van der Waals surface area contributed by atoms with Gasteiger partial charge >= 0.3 is 0 Å². The summed E-state index contributed by atoms with van der Waals surface area (Å²) >= 11 is 2.87. The maximum Gasteiger partial charge on any atom is 0.230 e. The van der Waals surface area contributed by atoms with E-state index in [1.807, 2.05) is 23.6 Å². The monoisotopic (exact) mass is 428 g/mol. The molecule has 1 aliphatic heterocycles. The molecule has 0 aliphatic carbocycles. The van der Waals surface area contributed by atoms with Gasteiger partial charge in [0.25, 0.3) is 0 Å². The number of piperidine rings is 1. The van der Waals surface area contributed by atoms with Gasteiger partial charge in [-0.1, -0.05) is 48.2 Å². The summed E-state index contributed by atoms with van der Waals surface area (Å²) in [5.74, 6) is 7.00. The van der Waals surface area contributed by atoms with E-state index in [4.69, 9.17) is 5.84 Å². The number of hydrogen-bond donors (Lipinski definition) is 2. The number of likely N-dealkylation sites (tertiary alicyclic amines) is 1. The van der Waals surface area contributed by atoms with E-state index >= 15 is 0 Å². The smallest absolute Gasteiger partial charge is 0.230 e. The van der Waals surface area contributed by atoms with E-state index in [2.05, 4.69) is 44.7 Å². The van der Waals surface area contributed by atoms with Crippen molar-refractivity contribution >= 4 is 29.0 Å². The average molecular weight is 429 g/mol. The average Bonchev–Trinajstić information content (AvgIpc) is 3.38. The van der Waals surface area contributed by atoms with Crippen molar-refractivity contribution in [3.8, 4) is 10.7 Å². The van der Waals surface area contributed by atoms with Gasteiger partial charge in [-0.15, -0.1) is 21.5 Å². The van der Waals surface area contributed by atoms with Gasteiger partial charge in [-0.3, -0.25) is 9.69 Å². The zero-order valence-corrected chi connectivity index (χ0v) is 17.7. The van der Waals surface area contributed by atoms with Crippen molar-refractivity contribution in [1.29, 1.82) is 0 Å². The second-order valence-electron chi connectivity index (χ2n) is 7.05. The molecule has 9 heteroatoms. The van der Waals surface area contributed by atoms with E-state index in [0.717, 1.165) is 37.4 Å². The van der Waals surface area contributed by atoms with E-state index in [9.17, 15) is 4.79 Å². The van der Waals surface area contributed by atoms with Crippen LogP contribution < -0.4 is 11.2 Å². The normalized spacial score (nSPS) is 15.4. The maximum absolute atomic E-state index is 12.4. The Labute approximate surface area is 178 Å². The first-order chi connectivity index (χ1) is 14.2. The summed E-state index contributed by atoms with van der Waals surface area (Å²) in [6, 6.07) is 14.6. The Morgan fingerprint density at radius 1 is 1.17 bits per heavy atom. The molecule has 0 atom stereocenters. The molecule has 7 nitrogen and oxygen atoms in total. The molecule has 152 valence electrons. The van der Waals surface area contributed by atoms with Crippen molar-refractivity contribution in [3.63, 3.8) is 0 Å². The number of thiophene rings is 1. The van der Waals surface area contributed by atoms with Crippen LogP contribution in [0, 0.1) is 0 Å². The van der Waals surface area contributed by atoms with Gasteiger partial charge in [0.05, 0.1) is 10.6 Å². The Balaban J connectivity index is 1.21. The van der Waals surface area contributed by atoms with E-state index in [1.54, 1.807) is 11.3 Å². The lowest BCUT2D eigenvalue weighted by Crippen LogP contribution is -2.44. The van der Waals surface area contributed by atoms with Crippen LogP contribution in [0.2, 0.25) is 0 Å². The molecule has 4 rings (SSSR count). The Morgan fingerprint density at radius 2 is 1.97 bits per heavy atom. The summed E-state index contributed by atoms with van der Waals surface area (Å²) in [4.78, 5) is 15.8. The number of nitrogens with one attached hydrogen (secondary N) is 1. The molecule has 0 unspecified atom stereocenters. The minimum Gasteiger partial charge on any atom is -0.353 e. The molecule has 29 heavy (non-hydrogen) atoms. The van der Waals surface area contributed by atoms with E-state index in [1.165, 1.54) is 22.0 Å². The van der Waals surface area contributed by atoms with Crippen LogP contribution >= 0.6 is 23.1 Å². The van der Waals surface area contributed by atoms with Crippen LogP contribution in [0.25, 0.3) is 10.7 Å². The highest BCUT2D eigenvalue weighted by Crippen LogP contribution is 2.25. The number of hydrogen-bond acceptors (Lipinski definition) is 7. The predicted molar refractivity (Wildman–Crippen MR) is 117 cm³/mol. The highest BCUT2D eigenvalue weighted by Gasteiger charge is 2.21. The Hall–Kier alpha value is -2.36. The van der Waals surface area contributed by atoms with Crippen LogP contribution in [-0.2, 0) is 11.3 Å². The van der Waals surface area contributed by atoms with E-state index in [-0.39, 0.29) is 17.7 Å². The number of nitrogen functional groups attached to an aromatic ring is 1. The van der Waals surface area contributed by atoms with Crippen LogP contribution in [-0.4, -0.2) is 50.6 Å². The van der Waals surface area contributed by atoms with Crippen LogP contribution in [0.5, 0.6) is 0 Å². The van der Waals surface area contributed by atoms with E-state index < -0.39 is 0 Å². The highest BCUT2D eigenvalue weighted by molar-refractivity contribution is 7.99. The third-order valence-corrected chi connectivity index (χ3v) is 6.75. The molecule has 1 saturated heterocycles. The number of nitrogens with zero attached hydrogens (tertiary/aromatic N) is 4. The summed E-state index contributed by atoms with van der Waals surface area (Å²) < 4.78 is 1.45. The van der Waals surface area contributed by atoms with Gasteiger partial charge in [-0.25, -0.2) is 4.68 Å². The Kier molecular flexibility index (Phi) is 6.48. The van der Waals surface area contributed by atoms with Crippen LogP contribution in [0.15, 0.2) is 53.0 Å². The standard InChI is InChI=1S/C20H24N6OS2/c21-26-19(17-7-4-12-28-17)23-24-20(26)29-14-18(27)22-16-8-10-25(11-9-16)13-15-5-2-1-3-6-15/h1-7,12,16H,8-11,13-14,21H2,(H,22,27). The number of aromatic nitrogens is 3. The number of benzene rings is 1. The first kappa shape index (κ1) is 19.9. The van der Waals surface area contributed by atoms with Crippen molar-refractivity contribution in [2.24, 2.45) is 0 Å². The van der Waals surface area contributed by atoms with Crippen molar-refractivity contribution in [1.82, 2.24) is 25.1 Å². The summed E-state index contributed by atoms with van der Waals surface area (Å²) in [6.45, 7) is 2.96. The Bertz CT molecular complexity index is 920. The second-order valence-corrected chi connectivity index (χ2v) is 8.94. The third kappa shape index (κ3) is 5.17. The molecule has 0 bridgehead atoms. The molecule has 0 radical (unpaired) electrons. The molecule has 1 fully saturated rings. The van der Waals surface area contributed by atoms with Gasteiger partial charge in [0.1, 0.15) is 0 Å². The summed E-state index contributed by atoms with van der Waals surface area (Å²) in [5.41, 5.74) is 1.33. The second kappa shape index (κ2) is 9.43. The molecule has 1 aromatic carbocycles. The maximum atomic E-state index is 12.4. The molecule has 2 aromatic heterocycles. The lowest BCUT2D eigenvalue weighted by molar-refractivity contribution is -0.119. The van der Waals surface area contributed by atoms with Gasteiger partial charge < -0.3 is 11.2 Å². The fourth-order valence-corrected chi connectivity index (χ4v) is 4.80. The first-order valence-corrected chi connectivity index (χ1v) is 11.5. The number of rotatable bonds is 7. The van der Waals surface area contributed by atoms with Crippen molar-refractivity contribution in [3.05, 3.63) is 53.4 Å². The lowest BCUT2D eigenvalue weighted by Gasteiger charge is -2.32. The molecule has 3 heterocycles. The van der Waals surface area contributed by atoms with Gasteiger partial charge in [0.2, 0.25) is 11.1 Å². The van der Waals surface area contributed by atoms with Gasteiger partial charge in [-0.05, 0) is 29.9 Å². The molecule has 0 spiro atoms. The quantitative estimate of drug-likeness (QED) is 0.444. The third-order valence-electron chi connectivity index (χ3n) is 4.94. The van der Waals surface area contributed by atoms with Crippen molar-refractivity contribution in [2.45, 2.75) is 30.6 Å². The van der Waals surface area contributed by atoms with Crippen LogP contribution in [0.3, 0.4) is 0 Å². The minimum absolute atomic E-state index is 0.0113. The van der Waals surface area contributed by atoms with Crippen molar-refractivity contribution in [2.75, 3.05) is 24.7 Å². The molecule has 0 saturated carbocycles. The predicted octanol–water partition coefficient (Wildman–Crippen LogP) is 2.59. The molecule has 3 N–H and O–H groups in total. The molecular formula is C20H24N6OS2. The number of thioether (sulfide) groups is 1. The van der Waals surface area contributed by atoms with Crippen LogP contribution in [0.1, 0.15) is 18.4 Å². The molecule has 3 aromatic rings. The zero-order valence-electron chi connectivity index (χ0n) is 16.0. The number of nitrogens with two attached hydrogens (primary N) is 1. The van der Waals surface area contributed by atoms with Gasteiger partial charge in [0, 0.05) is 25.7 Å². The SMILES string of the molecule is Nn1c(SCC(=O)NC2CCN(Cc3ccccc3)CC2)nnc1-c1cccs1. The molecular weight excluding hydrogens is 404 g/mol. The fraction of sp³-hybridized carbons (Fsp3) is 0.350. The summed E-state index contributed by atoms with van der Waals surface area (Å²) in [6.07, 6.45) is 1.94. The number of carbonyl (C=O) groups excluding carboxylic acids is 1. The molecule has 1 aliphatic rings. The molecule has 1 amide bonds. The minimum atomic E-state index is 0.0113. The van der Waals surface area contributed by atoms with Crippen molar-refractivity contribution < 1.29 is 4.79 Å². The van der Waals surface area contributed by atoms with Gasteiger partial charge in [0.15, 0.2) is 5.82 Å². The summed E-state index contributed by atoms with van der Waals surface area (Å²) in [7, 11) is 0. The van der Waals surface area contributed by atoms with Crippen LogP contribution in [0.4, 0.5) is 0 Å². The first-order valence-electron chi connectivity index (χ1n) is 9.62. The number of carbonyl (C=O) groups is 1. The van der Waals surface area contributed by atoms with Gasteiger partial charge in [-0.2, -0.15) is 0 Å². The zero-order chi connectivity index (χ0) is 20.1. The van der Waals surface area contributed by atoms with E-state index in [0.29, 0.717) is 11.0 Å². The summed E-state index contributed by atoms with van der Waals surface area (Å²) in [5, 5.41) is 13.9. The number of amides is 1. The topological polar surface area (TPSA) is 89.1 Å². The Morgan fingerprint density at radius 3 is 2.69 bits per heavy atom. The fourth-order valence-electron chi connectivity index (χ4n) is 3.43.